The van der Waals surface area contributed by atoms with Crippen molar-refractivity contribution in [3.05, 3.63) is 30.6 Å². The van der Waals surface area contributed by atoms with Crippen LogP contribution in [-0.4, -0.2) is 36.9 Å². The van der Waals surface area contributed by atoms with Crippen molar-refractivity contribution in [2.75, 3.05) is 19.7 Å². The Balaban J connectivity index is 2.14. The molecular formula is C16H27N2O3+. The van der Waals surface area contributed by atoms with Crippen LogP contribution in [0.2, 0.25) is 0 Å². The molecule has 0 amide bonds. The number of pyridine rings is 1. The van der Waals surface area contributed by atoms with Crippen molar-refractivity contribution in [1.82, 2.24) is 5.32 Å². The standard InChI is InChI=1S/C16H27N2O3/c1-4-16(2,3)15(20)21-13-14(19)12-17-8-11-18-9-6-5-7-10-18/h5-7,9-10,14,17,19H,4,8,11-13H2,1-3H3/q+1. The summed E-state index contributed by atoms with van der Waals surface area (Å²) in [4.78, 5) is 11.8. The third kappa shape index (κ3) is 6.69. The number of nitrogens with zero attached hydrogens (tertiary/aromatic N) is 1. The number of nitrogens with one attached hydrogen (secondary N) is 1. The minimum Gasteiger partial charge on any atom is -0.462 e. The summed E-state index contributed by atoms with van der Waals surface area (Å²) in [6.07, 6.45) is 4.02. The second-order valence-corrected chi connectivity index (χ2v) is 5.81. The van der Waals surface area contributed by atoms with Gasteiger partial charge in [0.1, 0.15) is 12.7 Å². The maximum Gasteiger partial charge on any atom is 0.311 e. The van der Waals surface area contributed by atoms with Crippen molar-refractivity contribution < 1.29 is 19.2 Å². The number of carbonyl (C=O) groups excluding carboxylic acids is 1. The Morgan fingerprint density at radius 2 is 2.00 bits per heavy atom. The molecule has 0 aromatic carbocycles. The van der Waals surface area contributed by atoms with Gasteiger partial charge in [-0.1, -0.05) is 13.0 Å². The monoisotopic (exact) mass is 295 g/mol. The fraction of sp³-hybridized carbons (Fsp3) is 0.625. The lowest BCUT2D eigenvalue weighted by molar-refractivity contribution is -0.695. The maximum atomic E-state index is 11.8. The first-order chi connectivity index (χ1) is 9.95. The van der Waals surface area contributed by atoms with Crippen LogP contribution in [0.25, 0.3) is 0 Å². The molecule has 0 fully saturated rings. The molecule has 21 heavy (non-hydrogen) atoms. The van der Waals surface area contributed by atoms with Gasteiger partial charge in [0.15, 0.2) is 18.9 Å². The van der Waals surface area contributed by atoms with Crippen LogP contribution < -0.4 is 9.88 Å². The highest BCUT2D eigenvalue weighted by molar-refractivity contribution is 5.75. The van der Waals surface area contributed by atoms with Gasteiger partial charge in [-0.2, -0.15) is 0 Å². The number of esters is 1. The molecule has 0 aliphatic rings. The van der Waals surface area contributed by atoms with Crippen LogP contribution >= 0.6 is 0 Å². The Hall–Kier alpha value is -1.46. The van der Waals surface area contributed by atoms with E-state index in [-0.39, 0.29) is 12.6 Å². The number of hydrogen-bond acceptors (Lipinski definition) is 4. The van der Waals surface area contributed by atoms with Gasteiger partial charge in [0.05, 0.1) is 12.0 Å². The Bertz CT molecular complexity index is 421. The summed E-state index contributed by atoms with van der Waals surface area (Å²) in [5.41, 5.74) is -0.489. The molecular weight excluding hydrogens is 268 g/mol. The minimum absolute atomic E-state index is 0.0355. The summed E-state index contributed by atoms with van der Waals surface area (Å²) in [7, 11) is 0. The largest absolute Gasteiger partial charge is 0.462 e. The highest BCUT2D eigenvalue weighted by atomic mass is 16.5. The predicted octanol–water partition coefficient (Wildman–Crippen LogP) is 0.904. The molecule has 118 valence electrons. The molecule has 5 heteroatoms. The van der Waals surface area contributed by atoms with Crippen molar-refractivity contribution in [2.45, 2.75) is 39.8 Å². The molecule has 0 spiro atoms. The van der Waals surface area contributed by atoms with Gasteiger partial charge in [0.25, 0.3) is 0 Å². The Morgan fingerprint density at radius 1 is 1.33 bits per heavy atom. The fourth-order valence-corrected chi connectivity index (χ4v) is 1.63. The Kier molecular flexibility index (Phi) is 7.32. The number of aliphatic hydroxyl groups is 1. The molecule has 0 bridgehead atoms. The highest BCUT2D eigenvalue weighted by Crippen LogP contribution is 2.21. The summed E-state index contributed by atoms with van der Waals surface area (Å²) < 4.78 is 7.20. The van der Waals surface area contributed by atoms with E-state index >= 15 is 0 Å². The summed E-state index contributed by atoms with van der Waals surface area (Å²) in [6, 6.07) is 5.92. The van der Waals surface area contributed by atoms with E-state index in [1.165, 1.54) is 0 Å². The van der Waals surface area contributed by atoms with Gasteiger partial charge in [-0.3, -0.25) is 4.79 Å². The molecule has 1 aromatic rings. The summed E-state index contributed by atoms with van der Waals surface area (Å²) in [5, 5.41) is 12.9. The third-order valence-corrected chi connectivity index (χ3v) is 3.55. The first-order valence-corrected chi connectivity index (χ1v) is 7.46. The lowest BCUT2D eigenvalue weighted by Gasteiger charge is -2.21. The quantitative estimate of drug-likeness (QED) is 0.404. The van der Waals surface area contributed by atoms with Crippen LogP contribution in [0.15, 0.2) is 30.6 Å². The molecule has 0 aliphatic carbocycles. The van der Waals surface area contributed by atoms with Crippen LogP contribution in [0, 0.1) is 5.41 Å². The lowest BCUT2D eigenvalue weighted by atomic mass is 9.91. The van der Waals surface area contributed by atoms with E-state index in [4.69, 9.17) is 4.74 Å². The van der Waals surface area contributed by atoms with Crippen LogP contribution in [0.1, 0.15) is 27.2 Å². The minimum atomic E-state index is -0.678. The van der Waals surface area contributed by atoms with Crippen LogP contribution in [-0.2, 0) is 16.1 Å². The molecule has 0 aliphatic heterocycles. The SMILES string of the molecule is CCC(C)(C)C(=O)OCC(O)CNCC[n+]1ccccc1. The molecule has 1 unspecified atom stereocenters. The van der Waals surface area contributed by atoms with Crippen molar-refractivity contribution >= 4 is 5.97 Å². The summed E-state index contributed by atoms with van der Waals surface area (Å²) in [5.74, 6) is -0.260. The maximum absolute atomic E-state index is 11.8. The lowest BCUT2D eigenvalue weighted by Crippen LogP contribution is -2.41. The van der Waals surface area contributed by atoms with E-state index in [0.29, 0.717) is 13.0 Å². The zero-order valence-corrected chi connectivity index (χ0v) is 13.2. The van der Waals surface area contributed by atoms with Crippen LogP contribution in [0.5, 0.6) is 0 Å². The van der Waals surface area contributed by atoms with E-state index < -0.39 is 11.5 Å². The van der Waals surface area contributed by atoms with Gasteiger partial charge in [0.2, 0.25) is 0 Å². The average molecular weight is 295 g/mol. The fourth-order valence-electron chi connectivity index (χ4n) is 1.63. The van der Waals surface area contributed by atoms with Gasteiger partial charge in [0, 0.05) is 18.7 Å². The van der Waals surface area contributed by atoms with Crippen LogP contribution in [0.4, 0.5) is 0 Å². The Labute approximate surface area is 126 Å². The number of ether oxygens (including phenoxy) is 1. The van der Waals surface area contributed by atoms with E-state index in [1.54, 1.807) is 0 Å². The topological polar surface area (TPSA) is 62.4 Å². The molecule has 5 nitrogen and oxygen atoms in total. The Morgan fingerprint density at radius 3 is 2.62 bits per heavy atom. The second-order valence-electron chi connectivity index (χ2n) is 5.81. The van der Waals surface area contributed by atoms with Crippen molar-refractivity contribution in [1.29, 1.82) is 0 Å². The molecule has 1 rings (SSSR count). The number of hydrogen-bond donors (Lipinski definition) is 2. The molecule has 1 aromatic heterocycles. The van der Waals surface area contributed by atoms with Gasteiger partial charge in [-0.25, -0.2) is 4.57 Å². The van der Waals surface area contributed by atoms with Gasteiger partial charge >= 0.3 is 5.97 Å². The molecule has 0 saturated heterocycles. The third-order valence-electron chi connectivity index (χ3n) is 3.55. The zero-order valence-electron chi connectivity index (χ0n) is 13.2. The molecule has 2 N–H and O–H groups in total. The predicted molar refractivity (Wildman–Crippen MR) is 80.5 cm³/mol. The van der Waals surface area contributed by atoms with Gasteiger partial charge in [-0.05, 0) is 20.3 Å². The first kappa shape index (κ1) is 17.6. The normalized spacial score (nSPS) is 13.0. The zero-order chi connectivity index (χ0) is 15.7. The van der Waals surface area contributed by atoms with Crippen molar-refractivity contribution in [3.63, 3.8) is 0 Å². The van der Waals surface area contributed by atoms with Crippen LogP contribution in [0.3, 0.4) is 0 Å². The highest BCUT2D eigenvalue weighted by Gasteiger charge is 2.27. The average Bonchev–Trinajstić information content (AvgIpc) is 2.50. The number of rotatable bonds is 9. The van der Waals surface area contributed by atoms with Gasteiger partial charge in [-0.15, -0.1) is 0 Å². The molecule has 0 radical (unpaired) electrons. The van der Waals surface area contributed by atoms with E-state index in [2.05, 4.69) is 9.88 Å². The second kappa shape index (κ2) is 8.74. The van der Waals surface area contributed by atoms with Gasteiger partial charge < -0.3 is 15.2 Å². The van der Waals surface area contributed by atoms with E-state index in [9.17, 15) is 9.90 Å². The molecule has 1 heterocycles. The summed E-state index contributed by atoms with van der Waals surface area (Å²) >= 11 is 0. The molecule has 0 saturated carbocycles. The van der Waals surface area contributed by atoms with Crippen molar-refractivity contribution in [3.8, 4) is 0 Å². The number of carbonyl (C=O) groups is 1. The molecule has 1 atom stereocenters. The van der Waals surface area contributed by atoms with E-state index in [1.807, 2.05) is 51.4 Å². The van der Waals surface area contributed by atoms with Crippen molar-refractivity contribution in [2.24, 2.45) is 5.41 Å². The first-order valence-electron chi connectivity index (χ1n) is 7.46. The van der Waals surface area contributed by atoms with E-state index in [0.717, 1.165) is 13.1 Å². The number of aliphatic hydroxyl groups excluding tert-OH is 1. The number of aromatic nitrogens is 1. The smallest absolute Gasteiger partial charge is 0.311 e. The summed E-state index contributed by atoms with van der Waals surface area (Å²) in [6.45, 7) is 7.66.